The first-order chi connectivity index (χ1) is 10.9. The lowest BCUT2D eigenvalue weighted by Gasteiger charge is -2.21. The molecule has 0 N–H and O–H groups in total. The number of rotatable bonds is 4. The van der Waals surface area contributed by atoms with Crippen LogP contribution in [0.2, 0.25) is 0 Å². The smallest absolute Gasteiger partial charge is 0.227 e. The van der Waals surface area contributed by atoms with Crippen molar-refractivity contribution in [3.05, 3.63) is 29.7 Å². The molecule has 1 aromatic heterocycles. The van der Waals surface area contributed by atoms with Crippen molar-refractivity contribution < 1.29 is 14.0 Å². The maximum Gasteiger partial charge on any atom is 0.227 e. The highest BCUT2D eigenvalue weighted by Crippen LogP contribution is 2.29. The molecule has 0 radical (unpaired) electrons. The lowest BCUT2D eigenvalue weighted by Crippen LogP contribution is -2.19. The van der Waals surface area contributed by atoms with Crippen molar-refractivity contribution in [2.75, 3.05) is 13.2 Å². The summed E-state index contributed by atoms with van der Waals surface area (Å²) >= 11 is 0. The van der Waals surface area contributed by atoms with Gasteiger partial charge in [0, 0.05) is 25.0 Å². The van der Waals surface area contributed by atoms with Crippen LogP contribution in [-0.2, 0) is 17.6 Å². The van der Waals surface area contributed by atoms with E-state index in [4.69, 9.17) is 14.0 Å². The molecule has 0 bridgehead atoms. The Labute approximate surface area is 129 Å². The maximum atomic E-state index is 5.74. The molecule has 116 valence electrons. The molecule has 2 aliphatic heterocycles. The van der Waals surface area contributed by atoms with Crippen LogP contribution in [0.25, 0.3) is 11.4 Å². The third-order valence-electron chi connectivity index (χ3n) is 4.37. The van der Waals surface area contributed by atoms with Crippen molar-refractivity contribution >= 4 is 0 Å². The predicted octanol–water partition coefficient (Wildman–Crippen LogP) is 3.17. The second-order valence-corrected chi connectivity index (χ2v) is 5.96. The number of benzene rings is 1. The second kappa shape index (κ2) is 6.08. The van der Waals surface area contributed by atoms with E-state index < -0.39 is 0 Å². The van der Waals surface area contributed by atoms with E-state index in [2.05, 4.69) is 16.2 Å². The molecule has 5 heteroatoms. The van der Waals surface area contributed by atoms with Crippen LogP contribution in [0.15, 0.2) is 22.7 Å². The molecule has 2 aliphatic rings. The van der Waals surface area contributed by atoms with Gasteiger partial charge in [-0.25, -0.2) is 0 Å². The highest BCUT2D eigenvalue weighted by Gasteiger charge is 2.17. The molecule has 0 saturated carbocycles. The van der Waals surface area contributed by atoms with Gasteiger partial charge in [-0.1, -0.05) is 5.16 Å². The van der Waals surface area contributed by atoms with Gasteiger partial charge < -0.3 is 14.0 Å². The first kappa shape index (κ1) is 13.8. The molecule has 22 heavy (non-hydrogen) atoms. The Kier molecular flexibility index (Phi) is 3.81. The molecule has 1 aromatic carbocycles. The van der Waals surface area contributed by atoms with E-state index >= 15 is 0 Å². The van der Waals surface area contributed by atoms with Crippen molar-refractivity contribution in [3.63, 3.8) is 0 Å². The SMILES string of the molecule is c1cc2c(cc1-c1noc(CCC3CCCCO3)n1)CCO2. The number of hydrogen-bond donors (Lipinski definition) is 0. The van der Waals surface area contributed by atoms with Gasteiger partial charge in [-0.3, -0.25) is 0 Å². The maximum absolute atomic E-state index is 5.74. The molecule has 0 aliphatic carbocycles. The Morgan fingerprint density at radius 2 is 2.18 bits per heavy atom. The van der Waals surface area contributed by atoms with Gasteiger partial charge in [0.1, 0.15) is 5.75 Å². The highest BCUT2D eigenvalue weighted by molar-refractivity contribution is 5.59. The van der Waals surface area contributed by atoms with Crippen LogP contribution in [0.3, 0.4) is 0 Å². The van der Waals surface area contributed by atoms with Crippen LogP contribution in [0.4, 0.5) is 0 Å². The van der Waals surface area contributed by atoms with Crippen LogP contribution in [0, 0.1) is 0 Å². The monoisotopic (exact) mass is 300 g/mol. The first-order valence-electron chi connectivity index (χ1n) is 8.09. The summed E-state index contributed by atoms with van der Waals surface area (Å²) in [5, 5.41) is 4.11. The molecule has 2 aromatic rings. The fourth-order valence-electron chi connectivity index (χ4n) is 3.12. The molecule has 0 amide bonds. The van der Waals surface area contributed by atoms with E-state index in [1.54, 1.807) is 0 Å². The van der Waals surface area contributed by atoms with Gasteiger partial charge in [0.05, 0.1) is 12.7 Å². The first-order valence-corrected chi connectivity index (χ1v) is 8.09. The van der Waals surface area contributed by atoms with Crippen molar-refractivity contribution in [3.8, 4) is 17.1 Å². The summed E-state index contributed by atoms with van der Waals surface area (Å²) in [6.07, 6.45) is 6.63. The normalized spacial score (nSPS) is 20.6. The summed E-state index contributed by atoms with van der Waals surface area (Å²) in [6.45, 7) is 1.65. The summed E-state index contributed by atoms with van der Waals surface area (Å²) < 4.78 is 16.6. The number of nitrogens with zero attached hydrogens (tertiary/aromatic N) is 2. The number of hydrogen-bond acceptors (Lipinski definition) is 5. The van der Waals surface area contributed by atoms with Crippen LogP contribution >= 0.6 is 0 Å². The molecule has 3 heterocycles. The fourth-order valence-corrected chi connectivity index (χ4v) is 3.12. The Balaban J connectivity index is 1.42. The zero-order valence-corrected chi connectivity index (χ0v) is 12.6. The molecule has 1 saturated heterocycles. The van der Waals surface area contributed by atoms with Crippen molar-refractivity contribution in [1.82, 2.24) is 10.1 Å². The Morgan fingerprint density at radius 1 is 1.18 bits per heavy atom. The number of aryl methyl sites for hydroxylation is 1. The minimum absolute atomic E-state index is 0.348. The van der Waals surface area contributed by atoms with Crippen LogP contribution in [0.5, 0.6) is 5.75 Å². The summed E-state index contributed by atoms with van der Waals surface area (Å²) in [5.41, 5.74) is 2.22. The Hall–Kier alpha value is -1.88. The molecular formula is C17H20N2O3. The quantitative estimate of drug-likeness (QED) is 0.868. The molecule has 1 fully saturated rings. The van der Waals surface area contributed by atoms with Gasteiger partial charge in [-0.05, 0) is 49.4 Å². The second-order valence-electron chi connectivity index (χ2n) is 5.96. The summed E-state index contributed by atoms with van der Waals surface area (Å²) in [6, 6.07) is 6.08. The van der Waals surface area contributed by atoms with E-state index in [0.29, 0.717) is 17.8 Å². The molecule has 5 nitrogen and oxygen atoms in total. The minimum Gasteiger partial charge on any atom is -0.493 e. The molecule has 1 atom stereocenters. The van der Waals surface area contributed by atoms with Gasteiger partial charge >= 0.3 is 0 Å². The lowest BCUT2D eigenvalue weighted by atomic mass is 10.0. The average molecular weight is 300 g/mol. The Bertz CT molecular complexity index is 647. The van der Waals surface area contributed by atoms with Crippen LogP contribution < -0.4 is 4.74 Å². The van der Waals surface area contributed by atoms with Crippen molar-refractivity contribution in [1.29, 1.82) is 0 Å². The summed E-state index contributed by atoms with van der Waals surface area (Å²) in [7, 11) is 0. The van der Waals surface area contributed by atoms with E-state index in [-0.39, 0.29) is 0 Å². The fraction of sp³-hybridized carbons (Fsp3) is 0.529. The number of aromatic nitrogens is 2. The summed E-state index contributed by atoms with van der Waals surface area (Å²) in [5.74, 6) is 2.33. The largest absolute Gasteiger partial charge is 0.493 e. The topological polar surface area (TPSA) is 57.4 Å². The highest BCUT2D eigenvalue weighted by atomic mass is 16.5. The van der Waals surface area contributed by atoms with Crippen molar-refractivity contribution in [2.45, 2.75) is 44.6 Å². The van der Waals surface area contributed by atoms with Gasteiger partial charge in [0.2, 0.25) is 11.7 Å². The van der Waals surface area contributed by atoms with Gasteiger partial charge in [-0.15, -0.1) is 0 Å². The standard InChI is InChI=1S/C17H20N2O3/c1-2-9-20-14(3-1)5-7-16-18-17(19-22-16)13-4-6-15-12(11-13)8-10-21-15/h4,6,11,14H,1-3,5,7-10H2. The van der Waals surface area contributed by atoms with E-state index in [9.17, 15) is 0 Å². The van der Waals surface area contributed by atoms with Gasteiger partial charge in [0.15, 0.2) is 0 Å². The van der Waals surface area contributed by atoms with Crippen LogP contribution in [0.1, 0.15) is 37.1 Å². The third kappa shape index (κ3) is 2.86. The third-order valence-corrected chi connectivity index (χ3v) is 4.37. The van der Waals surface area contributed by atoms with E-state index in [0.717, 1.165) is 50.2 Å². The van der Waals surface area contributed by atoms with Gasteiger partial charge in [0.25, 0.3) is 0 Å². The average Bonchev–Trinajstić information content (AvgIpc) is 3.22. The minimum atomic E-state index is 0.348. The van der Waals surface area contributed by atoms with Gasteiger partial charge in [-0.2, -0.15) is 4.98 Å². The zero-order valence-electron chi connectivity index (χ0n) is 12.6. The zero-order chi connectivity index (χ0) is 14.8. The number of fused-ring (bicyclic) bond motifs is 1. The van der Waals surface area contributed by atoms with E-state index in [1.807, 2.05) is 12.1 Å². The van der Waals surface area contributed by atoms with Crippen LogP contribution in [-0.4, -0.2) is 29.5 Å². The summed E-state index contributed by atoms with van der Waals surface area (Å²) in [4.78, 5) is 4.52. The molecule has 0 spiro atoms. The predicted molar refractivity (Wildman–Crippen MR) is 80.8 cm³/mol. The molecule has 1 unspecified atom stereocenters. The molecule has 4 rings (SSSR count). The lowest BCUT2D eigenvalue weighted by molar-refractivity contribution is 0.0104. The Morgan fingerprint density at radius 3 is 3.09 bits per heavy atom. The van der Waals surface area contributed by atoms with E-state index in [1.165, 1.54) is 18.4 Å². The van der Waals surface area contributed by atoms with Crippen molar-refractivity contribution in [2.24, 2.45) is 0 Å². The molecular weight excluding hydrogens is 280 g/mol. The number of ether oxygens (including phenoxy) is 2.